The number of aromatic nitrogens is 1. The van der Waals surface area contributed by atoms with Crippen LogP contribution < -0.4 is 24.8 Å². The Morgan fingerprint density at radius 1 is 0.911 bits per heavy atom. The van der Waals surface area contributed by atoms with Crippen LogP contribution in [-0.4, -0.2) is 73.3 Å². The zero-order valence-corrected chi connectivity index (χ0v) is 32.0. The minimum atomic E-state index is -4.50. The van der Waals surface area contributed by atoms with Crippen LogP contribution in [0, 0.1) is 5.92 Å². The van der Waals surface area contributed by atoms with Gasteiger partial charge >= 0.3 is 0 Å². The van der Waals surface area contributed by atoms with Gasteiger partial charge in [0.1, 0.15) is 34.1 Å². The van der Waals surface area contributed by atoms with E-state index in [1.54, 1.807) is 13.2 Å². The molecule has 0 unspecified atom stereocenters. The van der Waals surface area contributed by atoms with Gasteiger partial charge in [-0.25, -0.2) is 18.1 Å². The third kappa shape index (κ3) is 8.11. The number of amides is 4. The van der Waals surface area contributed by atoms with Crippen LogP contribution in [0.4, 0.5) is 5.69 Å². The Labute approximate surface area is 325 Å². The molecule has 3 aliphatic rings. The summed E-state index contributed by atoms with van der Waals surface area (Å²) < 4.78 is 41.6. The van der Waals surface area contributed by atoms with Gasteiger partial charge in [0.25, 0.3) is 15.9 Å². The minimum absolute atomic E-state index is 0.0458. The molecule has 2 aliphatic heterocycles. The number of rotatable bonds is 5. The van der Waals surface area contributed by atoms with Crippen molar-refractivity contribution in [2.24, 2.45) is 5.92 Å². The van der Waals surface area contributed by atoms with E-state index in [0.29, 0.717) is 35.6 Å². The van der Waals surface area contributed by atoms with Crippen molar-refractivity contribution in [2.45, 2.75) is 80.4 Å². The van der Waals surface area contributed by atoms with Gasteiger partial charge in [-0.05, 0) is 43.5 Å². The van der Waals surface area contributed by atoms with E-state index in [-0.39, 0.29) is 54.6 Å². The number of sulfonamides is 1. The maximum atomic E-state index is 14.3. The first-order valence-corrected chi connectivity index (χ1v) is 20.4. The maximum Gasteiger partial charge on any atom is 0.266 e. The monoisotopic (exact) mass is 779 g/mol. The lowest BCUT2D eigenvalue weighted by Crippen LogP contribution is -2.56. The van der Waals surface area contributed by atoms with Gasteiger partial charge in [0.15, 0.2) is 0 Å². The number of carbonyl (C=O) groups is 4. The first kappa shape index (κ1) is 38.5. The van der Waals surface area contributed by atoms with E-state index in [4.69, 9.17) is 14.5 Å². The van der Waals surface area contributed by atoms with E-state index in [1.165, 1.54) is 29.2 Å². The molecule has 4 atom stereocenters. The molecule has 0 bridgehead atoms. The molecule has 14 heteroatoms. The number of para-hydroxylation sites is 1. The first-order valence-electron chi connectivity index (χ1n) is 18.9. The summed E-state index contributed by atoms with van der Waals surface area (Å²) in [6.45, 7) is 3.92. The van der Waals surface area contributed by atoms with Crippen LogP contribution in [0.5, 0.6) is 11.5 Å². The first-order chi connectivity index (χ1) is 27.0. The Morgan fingerprint density at radius 2 is 1.64 bits per heavy atom. The molecule has 4 aromatic rings. The summed E-state index contributed by atoms with van der Waals surface area (Å²) in [6.07, 6.45) is 4.96. The second kappa shape index (κ2) is 16.1. The second-order valence-electron chi connectivity index (χ2n) is 14.5. The lowest BCUT2D eigenvalue weighted by molar-refractivity contribution is -0.139. The number of ether oxygens (including phenoxy) is 2. The Balaban J connectivity index is 1.19. The number of methoxy groups -OCH3 is 1. The molecule has 13 nitrogen and oxygen atoms in total. The quantitative estimate of drug-likeness (QED) is 0.221. The predicted molar refractivity (Wildman–Crippen MR) is 210 cm³/mol. The normalized spacial score (nSPS) is 24.6. The van der Waals surface area contributed by atoms with Crippen LogP contribution in [0.25, 0.3) is 22.2 Å². The number of fused-ring (bicyclic) bond motifs is 3. The Hall–Kier alpha value is -5.76. The zero-order chi connectivity index (χ0) is 39.5. The van der Waals surface area contributed by atoms with E-state index < -0.39 is 45.4 Å². The van der Waals surface area contributed by atoms with Gasteiger partial charge in [-0.15, -0.1) is 6.58 Å². The predicted octanol–water partition coefficient (Wildman–Crippen LogP) is 5.51. The van der Waals surface area contributed by atoms with Crippen molar-refractivity contribution in [2.75, 3.05) is 19.0 Å². The average Bonchev–Trinajstić information content (AvgIpc) is 3.75. The van der Waals surface area contributed by atoms with Crippen molar-refractivity contribution < 1.29 is 37.1 Å². The van der Waals surface area contributed by atoms with Crippen LogP contribution in [0.1, 0.15) is 57.8 Å². The van der Waals surface area contributed by atoms with Gasteiger partial charge < -0.3 is 25.0 Å². The van der Waals surface area contributed by atoms with E-state index >= 15 is 0 Å². The number of hydrogen-bond acceptors (Lipinski definition) is 9. The van der Waals surface area contributed by atoms with Gasteiger partial charge in [-0.3, -0.25) is 19.2 Å². The molecule has 7 rings (SSSR count). The number of anilines is 1. The van der Waals surface area contributed by atoms with Crippen molar-refractivity contribution >= 4 is 50.2 Å². The minimum Gasteiger partial charge on any atom is -0.497 e. The molecule has 3 heterocycles. The van der Waals surface area contributed by atoms with Crippen molar-refractivity contribution in [3.63, 3.8) is 0 Å². The van der Waals surface area contributed by atoms with Crippen LogP contribution in [0.2, 0.25) is 0 Å². The van der Waals surface area contributed by atoms with Crippen molar-refractivity contribution in [3.8, 4) is 22.8 Å². The highest BCUT2D eigenvalue weighted by molar-refractivity contribution is 7.90. The molecule has 1 saturated heterocycles. The van der Waals surface area contributed by atoms with Crippen molar-refractivity contribution in [3.05, 3.63) is 91.5 Å². The van der Waals surface area contributed by atoms with Gasteiger partial charge in [0.05, 0.1) is 30.6 Å². The molecule has 1 spiro atoms. The fraction of sp³-hybridized carbons (Fsp3) is 0.357. The molecular weight excluding hydrogens is 735 g/mol. The molecule has 4 amide bonds. The molecule has 1 saturated carbocycles. The van der Waals surface area contributed by atoms with Gasteiger partial charge in [-0.1, -0.05) is 67.8 Å². The fourth-order valence-electron chi connectivity index (χ4n) is 7.60. The van der Waals surface area contributed by atoms with Crippen LogP contribution >= 0.6 is 0 Å². The summed E-state index contributed by atoms with van der Waals surface area (Å²) in [5.41, 5.74) is 0.619. The summed E-state index contributed by atoms with van der Waals surface area (Å²) in [7, 11) is -2.92. The Bertz CT molecular complexity index is 2280. The number of hydrogen-bond donors (Lipinski definition) is 3. The number of benzene rings is 3. The zero-order valence-electron chi connectivity index (χ0n) is 31.2. The highest BCUT2D eigenvalue weighted by atomic mass is 32.2. The summed E-state index contributed by atoms with van der Waals surface area (Å²) in [4.78, 5) is 61.0. The summed E-state index contributed by atoms with van der Waals surface area (Å²) in [5, 5.41) is 6.22. The van der Waals surface area contributed by atoms with Gasteiger partial charge in [-0.2, -0.15) is 0 Å². The molecular formula is C42H45N5O8S. The van der Waals surface area contributed by atoms with E-state index in [2.05, 4.69) is 21.9 Å². The van der Waals surface area contributed by atoms with Crippen LogP contribution in [0.3, 0.4) is 0 Å². The van der Waals surface area contributed by atoms with Gasteiger partial charge in [0, 0.05) is 48.3 Å². The summed E-state index contributed by atoms with van der Waals surface area (Å²) in [6, 6.07) is 21.8. The van der Waals surface area contributed by atoms with E-state index in [0.717, 1.165) is 30.2 Å². The molecule has 1 aromatic heterocycles. The fourth-order valence-corrected chi connectivity index (χ4v) is 8.80. The van der Waals surface area contributed by atoms with Crippen molar-refractivity contribution in [1.29, 1.82) is 0 Å². The Kier molecular flexibility index (Phi) is 11.1. The number of nitrogens with one attached hydrogen (secondary N) is 3. The Morgan fingerprint density at radius 3 is 2.39 bits per heavy atom. The average molecular weight is 780 g/mol. The number of pyridine rings is 1. The standard InChI is InChI=1S/C42H45N5O8S/c1-3-28-25-42(28)41(51)46-56(52,53)37-17-13-12-16-32(37)44-38(48)18-10-5-4-6-11-19-39(49)47-26-30(23-35(47)40(50)45-42)55-36-24-33(27-14-8-7-9-15-27)43-34-22-29(54-2)20-21-31(34)36/h3,7-9,12-17,20-22,24,28,30,35H,1,4-6,10-11,18-19,23,25-26H2,2H3,(H,44,48)(H,45,50)(H,46,51)/t28-,30-,35+,42-/m1/s1. The number of nitrogens with zero attached hydrogens (tertiary/aromatic N) is 2. The van der Waals surface area contributed by atoms with Crippen LogP contribution in [0.15, 0.2) is 96.4 Å². The van der Waals surface area contributed by atoms with Gasteiger partial charge in [0.2, 0.25) is 17.7 Å². The maximum absolute atomic E-state index is 14.3. The lowest BCUT2D eigenvalue weighted by atomic mass is 10.1. The molecule has 1 aliphatic carbocycles. The lowest BCUT2D eigenvalue weighted by Gasteiger charge is -2.26. The largest absolute Gasteiger partial charge is 0.497 e. The molecule has 2 fully saturated rings. The van der Waals surface area contributed by atoms with E-state index in [9.17, 15) is 27.6 Å². The third-order valence-corrected chi connectivity index (χ3v) is 12.1. The topological polar surface area (TPSA) is 173 Å². The summed E-state index contributed by atoms with van der Waals surface area (Å²) >= 11 is 0. The highest BCUT2D eigenvalue weighted by Crippen LogP contribution is 2.45. The van der Waals surface area contributed by atoms with Crippen LogP contribution in [-0.2, 0) is 29.2 Å². The molecule has 3 aromatic carbocycles. The summed E-state index contributed by atoms with van der Waals surface area (Å²) in [5.74, 6) is -1.54. The molecule has 292 valence electrons. The highest BCUT2D eigenvalue weighted by Gasteiger charge is 2.61. The van der Waals surface area contributed by atoms with Crippen molar-refractivity contribution in [1.82, 2.24) is 19.9 Å². The number of carbonyl (C=O) groups excluding carboxylic acids is 4. The molecule has 3 N–H and O–H groups in total. The smallest absolute Gasteiger partial charge is 0.266 e. The molecule has 0 radical (unpaired) electrons. The molecule has 56 heavy (non-hydrogen) atoms. The second-order valence-corrected chi connectivity index (χ2v) is 16.2. The SMILES string of the molecule is C=C[C@@H]1C[C@@]12NC(=O)[C@@H]1C[C@@H](Oc3cc(-c4ccccc4)nc4cc(OC)ccc34)CN1C(=O)CCCCCCCC(=O)Nc1ccccc1S(=O)(=O)NC2=O. The third-order valence-electron chi connectivity index (χ3n) is 10.8. The van der Waals surface area contributed by atoms with E-state index in [1.807, 2.05) is 54.6 Å².